The molecule has 7 nitrogen and oxygen atoms in total. The molecule has 3 rings (SSSR count). The minimum absolute atomic E-state index is 0.0203. The molecule has 0 aromatic heterocycles. The first kappa shape index (κ1) is 20.7. The summed E-state index contributed by atoms with van der Waals surface area (Å²) in [4.78, 5) is 41.7. The van der Waals surface area contributed by atoms with Gasteiger partial charge in [-0.2, -0.15) is 0 Å². The Morgan fingerprint density at radius 2 is 1.69 bits per heavy atom. The third-order valence-electron chi connectivity index (χ3n) is 5.02. The predicted molar refractivity (Wildman–Crippen MR) is 107 cm³/mol. The number of hydrogen-bond acceptors (Lipinski definition) is 5. The zero-order valence-electron chi connectivity index (χ0n) is 16.7. The van der Waals surface area contributed by atoms with E-state index in [2.05, 4.69) is 0 Å². The van der Waals surface area contributed by atoms with Gasteiger partial charge >= 0.3 is 0 Å². The molecule has 1 saturated heterocycles. The van der Waals surface area contributed by atoms with Gasteiger partial charge in [0.1, 0.15) is 6.04 Å². The number of aryl methyl sites for hydroxylation is 1. The molecule has 0 spiro atoms. The molecule has 1 aliphatic heterocycles. The first-order valence-corrected chi connectivity index (χ1v) is 9.32. The van der Waals surface area contributed by atoms with Crippen molar-refractivity contribution < 1.29 is 23.9 Å². The smallest absolute Gasteiger partial charge is 0.257 e. The van der Waals surface area contributed by atoms with Crippen molar-refractivity contribution >= 4 is 23.4 Å². The molecule has 3 amide bonds. The zero-order chi connectivity index (χ0) is 21.0. The van der Waals surface area contributed by atoms with Crippen LogP contribution in [0.25, 0.3) is 0 Å². The predicted octanol–water partition coefficient (Wildman–Crippen LogP) is 2.39. The van der Waals surface area contributed by atoms with Crippen molar-refractivity contribution in [3.05, 3.63) is 65.7 Å². The second kappa shape index (κ2) is 8.98. The highest BCUT2D eigenvalue weighted by Crippen LogP contribution is 2.27. The fourth-order valence-corrected chi connectivity index (χ4v) is 3.43. The van der Waals surface area contributed by atoms with Gasteiger partial charge < -0.3 is 14.4 Å². The highest BCUT2D eigenvalue weighted by Gasteiger charge is 2.45. The molecule has 1 aliphatic rings. The fourth-order valence-electron chi connectivity index (χ4n) is 3.43. The third kappa shape index (κ3) is 4.21. The molecule has 152 valence electrons. The van der Waals surface area contributed by atoms with Crippen LogP contribution >= 0.6 is 0 Å². The highest BCUT2D eigenvalue weighted by molar-refractivity contribution is 6.23. The molecule has 1 unspecified atom stereocenters. The number of amides is 3. The van der Waals surface area contributed by atoms with E-state index >= 15 is 0 Å². The van der Waals surface area contributed by atoms with Crippen LogP contribution in [0, 0.1) is 6.92 Å². The van der Waals surface area contributed by atoms with E-state index in [0.717, 1.165) is 10.5 Å². The van der Waals surface area contributed by atoms with E-state index in [9.17, 15) is 14.4 Å². The molecule has 2 aromatic carbocycles. The van der Waals surface area contributed by atoms with Crippen LogP contribution in [0.4, 0.5) is 5.69 Å². The molecule has 0 bridgehead atoms. The lowest BCUT2D eigenvalue weighted by Gasteiger charge is -2.30. The highest BCUT2D eigenvalue weighted by atomic mass is 16.7. The average molecular weight is 396 g/mol. The zero-order valence-corrected chi connectivity index (χ0v) is 16.7. The van der Waals surface area contributed by atoms with E-state index in [1.54, 1.807) is 36.4 Å². The number of hydrogen-bond donors (Lipinski definition) is 0. The first-order chi connectivity index (χ1) is 14.0. The Morgan fingerprint density at radius 1 is 1.07 bits per heavy atom. The van der Waals surface area contributed by atoms with Crippen molar-refractivity contribution in [2.24, 2.45) is 0 Å². The Bertz CT molecular complexity index is 895. The quantitative estimate of drug-likeness (QED) is 0.531. The molecule has 0 radical (unpaired) electrons. The summed E-state index contributed by atoms with van der Waals surface area (Å²) in [7, 11) is 2.92. The van der Waals surface area contributed by atoms with Gasteiger partial charge in [0, 0.05) is 19.8 Å². The topological polar surface area (TPSA) is 76.2 Å². The van der Waals surface area contributed by atoms with Gasteiger partial charge in [0.15, 0.2) is 6.29 Å². The van der Waals surface area contributed by atoms with Crippen LogP contribution in [0.1, 0.15) is 22.3 Å². The SMILES string of the molecule is COC(CN(C(=O)c1ccccc1C)C1CC(=O)N(c2ccccc2)C1=O)OC. The van der Waals surface area contributed by atoms with Gasteiger partial charge in [-0.1, -0.05) is 36.4 Å². The van der Waals surface area contributed by atoms with E-state index < -0.39 is 18.2 Å². The molecular weight excluding hydrogens is 372 g/mol. The molecule has 1 fully saturated rings. The van der Waals surface area contributed by atoms with Gasteiger partial charge in [-0.3, -0.25) is 14.4 Å². The summed E-state index contributed by atoms with van der Waals surface area (Å²) in [5.41, 5.74) is 1.74. The van der Waals surface area contributed by atoms with Gasteiger partial charge in [0.2, 0.25) is 5.91 Å². The van der Waals surface area contributed by atoms with Crippen molar-refractivity contribution in [3.8, 4) is 0 Å². The summed E-state index contributed by atoms with van der Waals surface area (Å²) in [6, 6.07) is 14.9. The number of ether oxygens (including phenoxy) is 2. The van der Waals surface area contributed by atoms with E-state index in [0.29, 0.717) is 11.3 Å². The Hall–Kier alpha value is -3.03. The van der Waals surface area contributed by atoms with Gasteiger partial charge in [0.05, 0.1) is 18.7 Å². The lowest BCUT2D eigenvalue weighted by molar-refractivity contribution is -0.128. The van der Waals surface area contributed by atoms with Crippen LogP contribution in [0.2, 0.25) is 0 Å². The first-order valence-electron chi connectivity index (χ1n) is 9.32. The summed E-state index contributed by atoms with van der Waals surface area (Å²) < 4.78 is 10.5. The van der Waals surface area contributed by atoms with E-state index in [4.69, 9.17) is 9.47 Å². The van der Waals surface area contributed by atoms with Crippen molar-refractivity contribution in [1.29, 1.82) is 0 Å². The van der Waals surface area contributed by atoms with Crippen molar-refractivity contribution in [3.63, 3.8) is 0 Å². The number of methoxy groups -OCH3 is 2. The van der Waals surface area contributed by atoms with E-state index in [1.807, 2.05) is 25.1 Å². The van der Waals surface area contributed by atoms with Crippen LogP contribution in [0.5, 0.6) is 0 Å². The van der Waals surface area contributed by atoms with Crippen LogP contribution in [0.15, 0.2) is 54.6 Å². The molecule has 7 heteroatoms. The Balaban J connectivity index is 1.96. The molecule has 1 atom stereocenters. The van der Waals surface area contributed by atoms with E-state index in [-0.39, 0.29) is 24.8 Å². The number of anilines is 1. The number of benzene rings is 2. The maximum absolute atomic E-state index is 13.3. The second-order valence-corrected chi connectivity index (χ2v) is 6.80. The van der Waals surface area contributed by atoms with Gasteiger partial charge in [-0.15, -0.1) is 0 Å². The standard InChI is InChI=1S/C22H24N2O5/c1-15-9-7-8-12-17(15)21(26)23(14-20(28-2)29-3)18-13-19(25)24(22(18)27)16-10-5-4-6-11-16/h4-12,18,20H,13-14H2,1-3H3. The summed E-state index contributed by atoms with van der Waals surface area (Å²) in [6.45, 7) is 1.85. The molecule has 1 heterocycles. The number of para-hydroxylation sites is 1. The number of rotatable bonds is 7. The maximum Gasteiger partial charge on any atom is 0.257 e. The van der Waals surface area contributed by atoms with Crippen LogP contribution in [-0.2, 0) is 19.1 Å². The van der Waals surface area contributed by atoms with Crippen LogP contribution in [0.3, 0.4) is 0 Å². The summed E-state index contributed by atoms with van der Waals surface area (Å²) in [5.74, 6) is -1.13. The number of carbonyl (C=O) groups is 3. The van der Waals surface area contributed by atoms with E-state index in [1.165, 1.54) is 19.1 Å². The summed E-state index contributed by atoms with van der Waals surface area (Å²) in [5, 5.41) is 0. The van der Waals surface area contributed by atoms with Gasteiger partial charge in [-0.25, -0.2) is 4.90 Å². The van der Waals surface area contributed by atoms with Crippen LogP contribution in [-0.4, -0.2) is 55.7 Å². The number of carbonyl (C=O) groups excluding carboxylic acids is 3. The van der Waals surface area contributed by atoms with Crippen LogP contribution < -0.4 is 4.90 Å². The fraction of sp³-hybridized carbons (Fsp3) is 0.318. The second-order valence-electron chi connectivity index (χ2n) is 6.80. The normalized spacial score (nSPS) is 16.6. The Labute approximate surface area is 169 Å². The summed E-state index contributed by atoms with van der Waals surface area (Å²) in [6.07, 6.45) is -0.817. The molecule has 29 heavy (non-hydrogen) atoms. The maximum atomic E-state index is 13.3. The molecular formula is C22H24N2O5. The molecule has 0 saturated carbocycles. The Kier molecular flexibility index (Phi) is 6.41. The van der Waals surface area contributed by atoms with Gasteiger partial charge in [-0.05, 0) is 30.7 Å². The minimum Gasteiger partial charge on any atom is -0.354 e. The summed E-state index contributed by atoms with van der Waals surface area (Å²) >= 11 is 0. The van der Waals surface area contributed by atoms with Crippen molar-refractivity contribution in [1.82, 2.24) is 4.90 Å². The van der Waals surface area contributed by atoms with Crippen molar-refractivity contribution in [2.45, 2.75) is 25.7 Å². The third-order valence-corrected chi connectivity index (χ3v) is 5.02. The average Bonchev–Trinajstić information content (AvgIpc) is 3.03. The number of nitrogens with zero attached hydrogens (tertiary/aromatic N) is 2. The lowest BCUT2D eigenvalue weighted by Crippen LogP contribution is -2.49. The Morgan fingerprint density at radius 3 is 2.31 bits per heavy atom. The lowest BCUT2D eigenvalue weighted by atomic mass is 10.1. The minimum atomic E-state index is -0.928. The largest absolute Gasteiger partial charge is 0.354 e. The monoisotopic (exact) mass is 396 g/mol. The number of imide groups is 1. The van der Waals surface area contributed by atoms with Crippen molar-refractivity contribution in [2.75, 3.05) is 25.7 Å². The van der Waals surface area contributed by atoms with Gasteiger partial charge in [0.25, 0.3) is 11.8 Å². The molecule has 0 aliphatic carbocycles. The molecule has 2 aromatic rings. The molecule has 0 N–H and O–H groups in total.